The van der Waals surface area contributed by atoms with Gasteiger partial charge in [0.05, 0.1) is 17.1 Å². The molecule has 3 nitrogen and oxygen atoms in total. The molecule has 102 valence electrons. The molecule has 2 aromatic rings. The van der Waals surface area contributed by atoms with Gasteiger partial charge in [0, 0.05) is 10.5 Å². The molecule has 1 N–H and O–H groups in total. The molecule has 1 aromatic carbocycles. The number of aromatic nitrogens is 2. The second-order valence-electron chi connectivity index (χ2n) is 5.57. The second kappa shape index (κ2) is 5.25. The molecular formula is C15H20BrN3. The van der Waals surface area contributed by atoms with Crippen LogP contribution in [-0.4, -0.2) is 16.1 Å². The smallest absolute Gasteiger partial charge is 0.127 e. The maximum absolute atomic E-state index is 4.89. The summed E-state index contributed by atoms with van der Waals surface area (Å²) in [6, 6.07) is 7.22. The van der Waals surface area contributed by atoms with Gasteiger partial charge in [-0.2, -0.15) is 0 Å². The van der Waals surface area contributed by atoms with Gasteiger partial charge < -0.3 is 9.88 Å². The number of nitrogens with zero attached hydrogens (tertiary/aromatic N) is 2. The lowest BCUT2D eigenvalue weighted by atomic mass is 10.0. The first-order chi connectivity index (χ1) is 9.16. The van der Waals surface area contributed by atoms with E-state index in [0.717, 1.165) is 16.5 Å². The monoisotopic (exact) mass is 321 g/mol. The summed E-state index contributed by atoms with van der Waals surface area (Å²) in [6.45, 7) is 5.57. The van der Waals surface area contributed by atoms with Crippen molar-refractivity contribution in [3.63, 3.8) is 0 Å². The largest absolute Gasteiger partial charge is 0.324 e. The van der Waals surface area contributed by atoms with Crippen LogP contribution in [0.5, 0.6) is 0 Å². The van der Waals surface area contributed by atoms with Crippen molar-refractivity contribution in [1.29, 1.82) is 0 Å². The number of hydrogen-bond acceptors (Lipinski definition) is 2. The first-order valence-electron chi connectivity index (χ1n) is 7.07. The van der Waals surface area contributed by atoms with Crippen molar-refractivity contribution in [3.8, 4) is 0 Å². The van der Waals surface area contributed by atoms with Gasteiger partial charge in [0.15, 0.2) is 0 Å². The predicted molar refractivity (Wildman–Crippen MR) is 82.4 cm³/mol. The zero-order valence-electron chi connectivity index (χ0n) is 11.5. The summed E-state index contributed by atoms with van der Waals surface area (Å²) in [5.74, 6) is 1.20. The highest BCUT2D eigenvalue weighted by Crippen LogP contribution is 2.30. The van der Waals surface area contributed by atoms with E-state index in [1.54, 1.807) is 0 Å². The summed E-state index contributed by atoms with van der Waals surface area (Å²) in [7, 11) is 0. The lowest BCUT2D eigenvalue weighted by Gasteiger charge is -2.25. The van der Waals surface area contributed by atoms with Crippen LogP contribution >= 0.6 is 15.9 Å². The van der Waals surface area contributed by atoms with Crippen molar-refractivity contribution < 1.29 is 0 Å². The van der Waals surface area contributed by atoms with Gasteiger partial charge in [0.1, 0.15) is 5.82 Å². The maximum Gasteiger partial charge on any atom is 0.127 e. The molecule has 0 spiro atoms. The van der Waals surface area contributed by atoms with Gasteiger partial charge in [-0.3, -0.25) is 0 Å². The Morgan fingerprint density at radius 1 is 1.37 bits per heavy atom. The van der Waals surface area contributed by atoms with Crippen LogP contribution in [-0.2, 0) is 0 Å². The molecular weight excluding hydrogens is 302 g/mol. The van der Waals surface area contributed by atoms with Crippen molar-refractivity contribution in [2.75, 3.05) is 6.54 Å². The predicted octanol–water partition coefficient (Wildman–Crippen LogP) is 4.19. The summed E-state index contributed by atoms with van der Waals surface area (Å²) in [6.07, 6.45) is 3.77. The van der Waals surface area contributed by atoms with Crippen molar-refractivity contribution >= 4 is 27.0 Å². The average Bonchev–Trinajstić information content (AvgIpc) is 2.78. The van der Waals surface area contributed by atoms with Crippen LogP contribution < -0.4 is 5.32 Å². The molecule has 1 aliphatic rings. The summed E-state index contributed by atoms with van der Waals surface area (Å²) in [5.41, 5.74) is 2.33. The van der Waals surface area contributed by atoms with E-state index in [2.05, 4.69) is 57.9 Å². The minimum atomic E-state index is 0.405. The van der Waals surface area contributed by atoms with Crippen molar-refractivity contribution in [3.05, 3.63) is 28.5 Å². The number of rotatable bonds is 2. The van der Waals surface area contributed by atoms with Crippen LogP contribution in [0.1, 0.15) is 51.0 Å². The average molecular weight is 322 g/mol. The Labute approximate surface area is 122 Å². The Hall–Kier alpha value is -0.870. The fourth-order valence-corrected chi connectivity index (χ4v) is 3.30. The molecule has 0 bridgehead atoms. The van der Waals surface area contributed by atoms with Crippen LogP contribution in [0.3, 0.4) is 0 Å². The zero-order valence-corrected chi connectivity index (χ0v) is 13.1. The molecule has 2 heterocycles. The standard InChI is InChI=1S/C15H20BrN3/c1-10(2)19-14-7-6-11(16)9-13(14)18-15(19)12-5-3-4-8-17-12/h6-7,9-10,12,17H,3-5,8H2,1-2H3. The number of nitrogens with one attached hydrogen (secondary N) is 1. The van der Waals surface area contributed by atoms with Crippen LogP contribution in [0.2, 0.25) is 0 Å². The van der Waals surface area contributed by atoms with Crippen LogP contribution in [0, 0.1) is 0 Å². The molecule has 1 saturated heterocycles. The van der Waals surface area contributed by atoms with Gasteiger partial charge in [-0.05, 0) is 51.4 Å². The van der Waals surface area contributed by atoms with Crippen molar-refractivity contribution in [2.45, 2.75) is 45.2 Å². The van der Waals surface area contributed by atoms with E-state index in [4.69, 9.17) is 4.98 Å². The van der Waals surface area contributed by atoms with E-state index < -0.39 is 0 Å². The molecule has 1 aliphatic heterocycles. The number of piperidine rings is 1. The van der Waals surface area contributed by atoms with Crippen LogP contribution in [0.25, 0.3) is 11.0 Å². The van der Waals surface area contributed by atoms with Gasteiger partial charge in [0.2, 0.25) is 0 Å². The third-order valence-corrected chi connectivity index (χ3v) is 4.31. The highest BCUT2D eigenvalue weighted by Gasteiger charge is 2.23. The molecule has 0 radical (unpaired) electrons. The normalized spacial score (nSPS) is 20.3. The van der Waals surface area contributed by atoms with Gasteiger partial charge in [0.25, 0.3) is 0 Å². The number of imidazole rings is 1. The molecule has 1 aromatic heterocycles. The quantitative estimate of drug-likeness (QED) is 0.898. The Morgan fingerprint density at radius 2 is 2.21 bits per heavy atom. The summed E-state index contributed by atoms with van der Waals surface area (Å²) < 4.78 is 3.47. The molecule has 3 rings (SSSR count). The van der Waals surface area contributed by atoms with Gasteiger partial charge in [-0.15, -0.1) is 0 Å². The maximum atomic E-state index is 4.89. The SMILES string of the molecule is CC(C)n1c(C2CCCCN2)nc2cc(Br)ccc21. The van der Waals surface area contributed by atoms with Gasteiger partial charge in [-0.25, -0.2) is 4.98 Å². The fraction of sp³-hybridized carbons (Fsp3) is 0.533. The highest BCUT2D eigenvalue weighted by atomic mass is 79.9. The van der Waals surface area contributed by atoms with E-state index >= 15 is 0 Å². The minimum absolute atomic E-state index is 0.405. The summed E-state index contributed by atoms with van der Waals surface area (Å²) >= 11 is 3.53. The van der Waals surface area contributed by atoms with E-state index in [0.29, 0.717) is 12.1 Å². The Morgan fingerprint density at radius 3 is 2.89 bits per heavy atom. The minimum Gasteiger partial charge on any atom is -0.324 e. The summed E-state index contributed by atoms with van der Waals surface area (Å²) in [5, 5.41) is 3.61. The third kappa shape index (κ3) is 2.43. The van der Waals surface area contributed by atoms with E-state index in [-0.39, 0.29) is 0 Å². The first kappa shape index (κ1) is 13.1. The molecule has 1 fully saturated rings. The van der Waals surface area contributed by atoms with E-state index in [9.17, 15) is 0 Å². The highest BCUT2D eigenvalue weighted by molar-refractivity contribution is 9.10. The van der Waals surface area contributed by atoms with Gasteiger partial charge in [-0.1, -0.05) is 22.4 Å². The number of halogens is 1. The van der Waals surface area contributed by atoms with Crippen molar-refractivity contribution in [1.82, 2.24) is 14.9 Å². The molecule has 0 aliphatic carbocycles. The van der Waals surface area contributed by atoms with E-state index in [1.165, 1.54) is 30.6 Å². The van der Waals surface area contributed by atoms with Crippen molar-refractivity contribution in [2.24, 2.45) is 0 Å². The molecule has 1 atom stereocenters. The second-order valence-corrected chi connectivity index (χ2v) is 6.48. The zero-order chi connectivity index (χ0) is 13.4. The topological polar surface area (TPSA) is 29.9 Å². The Bertz CT molecular complexity index is 582. The lowest BCUT2D eigenvalue weighted by molar-refractivity contribution is 0.380. The fourth-order valence-electron chi connectivity index (χ4n) is 2.95. The number of benzene rings is 1. The Balaban J connectivity index is 2.13. The summed E-state index contributed by atoms with van der Waals surface area (Å²) in [4.78, 5) is 4.89. The first-order valence-corrected chi connectivity index (χ1v) is 7.87. The third-order valence-electron chi connectivity index (χ3n) is 3.82. The Kier molecular flexibility index (Phi) is 3.63. The lowest BCUT2D eigenvalue weighted by Crippen LogP contribution is -2.29. The molecule has 19 heavy (non-hydrogen) atoms. The molecule has 1 unspecified atom stereocenters. The van der Waals surface area contributed by atoms with E-state index in [1.807, 2.05) is 0 Å². The van der Waals surface area contributed by atoms with Crippen LogP contribution in [0.4, 0.5) is 0 Å². The number of fused-ring (bicyclic) bond motifs is 1. The number of hydrogen-bond donors (Lipinski definition) is 1. The molecule has 0 amide bonds. The molecule has 0 saturated carbocycles. The van der Waals surface area contributed by atoms with Gasteiger partial charge >= 0.3 is 0 Å². The molecule has 4 heteroatoms. The van der Waals surface area contributed by atoms with Crippen LogP contribution in [0.15, 0.2) is 22.7 Å².